The number of esters is 3. The second-order valence-corrected chi connectivity index (χ2v) is 9.22. The number of aliphatic carboxylic acids is 1. The average molecular weight is 580 g/mol. The van der Waals surface area contributed by atoms with Crippen molar-refractivity contribution in [3.05, 3.63) is 58.6 Å². The molecule has 1 aliphatic rings. The van der Waals surface area contributed by atoms with Crippen LogP contribution in [0.25, 0.3) is 0 Å². The summed E-state index contributed by atoms with van der Waals surface area (Å²) < 4.78 is 25.1. The summed E-state index contributed by atoms with van der Waals surface area (Å²) in [6.45, 7) is 4.81. The molecule has 0 radical (unpaired) electrons. The number of benzene rings is 2. The predicted molar refractivity (Wildman–Crippen MR) is 139 cm³/mol. The number of fused-ring (bicyclic) bond motifs is 1. The number of aliphatic hydroxyl groups excluding tert-OH is 1. The zero-order valence-corrected chi connectivity index (χ0v) is 22.8. The Morgan fingerprint density at radius 2 is 1.65 bits per heavy atom. The van der Waals surface area contributed by atoms with E-state index in [1.54, 1.807) is 30.3 Å². The maximum Gasteiger partial charge on any atom is 0.453 e. The second kappa shape index (κ2) is 13.5. The van der Waals surface area contributed by atoms with E-state index >= 15 is 0 Å². The predicted octanol–water partition coefficient (Wildman–Crippen LogP) is 2.18. The van der Waals surface area contributed by atoms with Crippen molar-refractivity contribution in [2.24, 2.45) is 0 Å². The maximum atomic E-state index is 12.9. The Labute approximate surface area is 235 Å². The van der Waals surface area contributed by atoms with E-state index < -0.39 is 41.9 Å². The van der Waals surface area contributed by atoms with Crippen molar-refractivity contribution in [2.75, 3.05) is 19.8 Å². The number of halogens is 1. The lowest BCUT2D eigenvalue weighted by molar-refractivity contribution is -0.208. The van der Waals surface area contributed by atoms with Crippen LogP contribution < -0.4 is 14.8 Å². The molecule has 1 aliphatic heterocycles. The average Bonchev–Trinajstić information content (AvgIpc) is 3.31. The molecule has 2 aromatic rings. The van der Waals surface area contributed by atoms with Crippen molar-refractivity contribution in [2.45, 2.75) is 51.2 Å². The molecule has 13 heteroatoms. The summed E-state index contributed by atoms with van der Waals surface area (Å²) in [6.07, 6.45) is -2.52. The van der Waals surface area contributed by atoms with Crippen molar-refractivity contribution in [1.82, 2.24) is 5.32 Å². The number of carboxylic acids is 1. The van der Waals surface area contributed by atoms with E-state index in [-0.39, 0.29) is 37.3 Å². The molecule has 3 rings (SSSR count). The first-order chi connectivity index (χ1) is 19.0. The molecule has 12 nitrogen and oxygen atoms in total. The van der Waals surface area contributed by atoms with Gasteiger partial charge in [0, 0.05) is 17.6 Å². The van der Waals surface area contributed by atoms with Gasteiger partial charge in [0.15, 0.2) is 11.5 Å². The summed E-state index contributed by atoms with van der Waals surface area (Å²) in [4.78, 5) is 49.4. The number of rotatable bonds is 13. The number of nitrogens with one attached hydrogen (secondary N) is 1. The summed E-state index contributed by atoms with van der Waals surface area (Å²) in [5, 5.41) is 24.0. The van der Waals surface area contributed by atoms with E-state index in [1.165, 1.54) is 26.0 Å². The minimum Gasteiger partial charge on any atom is -0.475 e. The van der Waals surface area contributed by atoms with Crippen molar-refractivity contribution in [3.8, 4) is 11.5 Å². The zero-order valence-electron chi connectivity index (χ0n) is 22.0. The standard InChI is InChI=1S/C27H30ClNO11/c1-4-36-23(31)22(24(32)37-5-2)38-26(35)27(25(33)34)39-20-10-9-16(12-21(20)40-27)11-15(3)29-14-19(30)17-7-6-8-18(28)13-17/h6-10,12-13,15,19,22,29-30H,4-5,11,14H2,1-3H3,(H,33,34). The third-order valence-electron chi connectivity index (χ3n) is 5.73. The van der Waals surface area contributed by atoms with E-state index in [0.29, 0.717) is 22.6 Å². The van der Waals surface area contributed by atoms with Crippen LogP contribution in [0.4, 0.5) is 0 Å². The Morgan fingerprint density at radius 3 is 2.25 bits per heavy atom. The molecule has 0 bridgehead atoms. The molecule has 3 N–H and O–H groups in total. The van der Waals surface area contributed by atoms with Gasteiger partial charge in [-0.2, -0.15) is 0 Å². The largest absolute Gasteiger partial charge is 0.475 e. The maximum absolute atomic E-state index is 12.9. The van der Waals surface area contributed by atoms with Crippen LogP contribution in [-0.4, -0.2) is 71.8 Å². The molecule has 0 aliphatic carbocycles. The number of hydrogen-bond donors (Lipinski definition) is 3. The normalized spacial score (nSPS) is 17.1. The van der Waals surface area contributed by atoms with Crippen LogP contribution in [0.1, 0.15) is 38.0 Å². The first-order valence-corrected chi connectivity index (χ1v) is 12.8. The van der Waals surface area contributed by atoms with Crippen LogP contribution in [-0.2, 0) is 39.8 Å². The van der Waals surface area contributed by atoms with Gasteiger partial charge in [-0.15, -0.1) is 0 Å². The fraction of sp³-hybridized carbons (Fsp3) is 0.407. The van der Waals surface area contributed by atoms with Gasteiger partial charge >= 0.3 is 29.7 Å². The van der Waals surface area contributed by atoms with Gasteiger partial charge in [0.1, 0.15) is 0 Å². The summed E-state index contributed by atoms with van der Waals surface area (Å²) in [5.41, 5.74) is 1.37. The SMILES string of the molecule is CCOC(=O)C(OC(=O)C1(C(=O)O)Oc2ccc(CC(C)NCC(O)c3cccc(Cl)c3)cc2O1)C(=O)OCC. The molecular weight excluding hydrogens is 550 g/mol. The van der Waals surface area contributed by atoms with Crippen LogP contribution >= 0.6 is 11.6 Å². The first kappa shape index (κ1) is 30.7. The molecule has 0 fully saturated rings. The van der Waals surface area contributed by atoms with Crippen LogP contribution in [0.5, 0.6) is 11.5 Å². The number of ether oxygens (including phenoxy) is 5. The molecule has 1 heterocycles. The number of hydrogen-bond acceptors (Lipinski definition) is 11. The molecule has 40 heavy (non-hydrogen) atoms. The molecule has 3 atom stereocenters. The van der Waals surface area contributed by atoms with Crippen molar-refractivity contribution >= 4 is 35.5 Å². The van der Waals surface area contributed by atoms with Gasteiger partial charge in [0.05, 0.1) is 19.3 Å². The van der Waals surface area contributed by atoms with Crippen LogP contribution in [0.15, 0.2) is 42.5 Å². The summed E-state index contributed by atoms with van der Waals surface area (Å²) in [7, 11) is 0. The fourth-order valence-corrected chi connectivity index (χ4v) is 4.01. The minimum atomic E-state index is -3.01. The molecule has 0 saturated carbocycles. The lowest BCUT2D eigenvalue weighted by atomic mass is 10.1. The topological polar surface area (TPSA) is 167 Å². The van der Waals surface area contributed by atoms with E-state index in [4.69, 9.17) is 35.3 Å². The smallest absolute Gasteiger partial charge is 0.453 e. The molecule has 0 amide bonds. The highest BCUT2D eigenvalue weighted by molar-refractivity contribution is 6.30. The van der Waals surface area contributed by atoms with Gasteiger partial charge in [-0.1, -0.05) is 29.8 Å². The lowest BCUT2D eigenvalue weighted by Gasteiger charge is -2.23. The molecule has 216 valence electrons. The summed E-state index contributed by atoms with van der Waals surface area (Å²) >= 11 is 5.98. The summed E-state index contributed by atoms with van der Waals surface area (Å²) in [5.74, 6) is -9.15. The van der Waals surface area contributed by atoms with Gasteiger partial charge in [0.25, 0.3) is 6.10 Å². The third kappa shape index (κ3) is 7.20. The monoisotopic (exact) mass is 579 g/mol. The Kier molecular flexibility index (Phi) is 10.3. The highest BCUT2D eigenvalue weighted by Crippen LogP contribution is 2.41. The summed E-state index contributed by atoms with van der Waals surface area (Å²) in [6, 6.07) is 11.3. The van der Waals surface area contributed by atoms with Crippen molar-refractivity contribution in [3.63, 3.8) is 0 Å². The van der Waals surface area contributed by atoms with Crippen LogP contribution in [0.3, 0.4) is 0 Å². The number of carboxylic acid groups (broad SMARTS) is 1. The van der Waals surface area contributed by atoms with Crippen LogP contribution in [0.2, 0.25) is 5.02 Å². The molecular formula is C27H30ClNO11. The highest BCUT2D eigenvalue weighted by atomic mass is 35.5. The van der Waals surface area contributed by atoms with E-state index in [1.807, 2.05) is 6.92 Å². The zero-order chi connectivity index (χ0) is 29.4. The molecule has 0 aromatic heterocycles. The molecule has 0 saturated heterocycles. The van der Waals surface area contributed by atoms with Crippen molar-refractivity contribution in [1.29, 1.82) is 0 Å². The van der Waals surface area contributed by atoms with E-state index in [9.17, 15) is 29.4 Å². The van der Waals surface area contributed by atoms with Gasteiger partial charge in [0.2, 0.25) is 0 Å². The van der Waals surface area contributed by atoms with Crippen LogP contribution in [0, 0.1) is 0 Å². The first-order valence-electron chi connectivity index (χ1n) is 12.5. The lowest BCUT2D eigenvalue weighted by Crippen LogP contribution is -2.57. The van der Waals surface area contributed by atoms with Gasteiger partial charge in [-0.3, -0.25) is 0 Å². The number of carbonyl (C=O) groups is 4. The number of carbonyl (C=O) groups excluding carboxylic acids is 3. The van der Waals surface area contributed by atoms with Gasteiger partial charge in [-0.05, 0) is 62.6 Å². The third-order valence-corrected chi connectivity index (χ3v) is 5.96. The molecule has 2 aromatic carbocycles. The number of aliphatic hydroxyl groups is 1. The van der Waals surface area contributed by atoms with Gasteiger partial charge < -0.3 is 39.2 Å². The molecule has 3 unspecified atom stereocenters. The van der Waals surface area contributed by atoms with E-state index in [0.717, 1.165) is 0 Å². The second-order valence-electron chi connectivity index (χ2n) is 8.78. The van der Waals surface area contributed by atoms with E-state index in [2.05, 4.69) is 5.32 Å². The Bertz CT molecular complexity index is 1230. The van der Waals surface area contributed by atoms with Crippen molar-refractivity contribution < 1.29 is 53.1 Å². The Hall–Kier alpha value is -3.87. The fourth-order valence-electron chi connectivity index (χ4n) is 3.82. The molecule has 0 spiro atoms. The Balaban J connectivity index is 1.69. The van der Waals surface area contributed by atoms with Gasteiger partial charge in [-0.25, -0.2) is 19.2 Å². The highest BCUT2D eigenvalue weighted by Gasteiger charge is 2.60. The Morgan fingerprint density at radius 1 is 1.00 bits per heavy atom. The minimum absolute atomic E-state index is 0.0631. The quantitative estimate of drug-likeness (QED) is 0.180.